The van der Waals surface area contributed by atoms with Crippen molar-refractivity contribution in [2.24, 2.45) is 5.41 Å². The van der Waals surface area contributed by atoms with Gasteiger partial charge in [-0.3, -0.25) is 4.90 Å². The first-order valence-electron chi connectivity index (χ1n) is 8.03. The van der Waals surface area contributed by atoms with Crippen LogP contribution in [0.25, 0.3) is 0 Å². The van der Waals surface area contributed by atoms with Crippen LogP contribution in [-0.2, 0) is 0 Å². The Morgan fingerprint density at radius 2 is 2.14 bits per heavy atom. The third kappa shape index (κ3) is 3.06. The molecule has 3 nitrogen and oxygen atoms in total. The fourth-order valence-corrected chi connectivity index (χ4v) is 4.01. The van der Waals surface area contributed by atoms with Crippen molar-refractivity contribution in [3.63, 3.8) is 0 Å². The zero-order valence-electron chi connectivity index (χ0n) is 12.7. The first-order valence-corrected chi connectivity index (χ1v) is 8.03. The Balaban J connectivity index is 1.77. The van der Waals surface area contributed by atoms with Gasteiger partial charge in [0.2, 0.25) is 0 Å². The molecule has 1 spiro atoms. The van der Waals surface area contributed by atoms with E-state index in [1.807, 2.05) is 0 Å². The van der Waals surface area contributed by atoms with Crippen LogP contribution in [0.4, 0.5) is 4.39 Å². The van der Waals surface area contributed by atoms with Gasteiger partial charge in [-0.1, -0.05) is 0 Å². The molecular formula is C17H25FN2O. The Morgan fingerprint density at radius 3 is 2.90 bits per heavy atom. The summed E-state index contributed by atoms with van der Waals surface area (Å²) in [5.74, 6) is -0.0778. The molecule has 116 valence electrons. The van der Waals surface area contributed by atoms with Gasteiger partial charge in [0.1, 0.15) is 11.6 Å². The predicted octanol–water partition coefficient (Wildman–Crippen LogP) is 3.06. The van der Waals surface area contributed by atoms with E-state index in [0.717, 1.165) is 26.2 Å². The van der Waals surface area contributed by atoms with E-state index in [4.69, 9.17) is 0 Å². The van der Waals surface area contributed by atoms with Crippen molar-refractivity contribution in [2.75, 3.05) is 26.2 Å². The average molecular weight is 292 g/mol. The lowest BCUT2D eigenvalue weighted by atomic mass is 9.74. The van der Waals surface area contributed by atoms with E-state index in [1.165, 1.54) is 43.9 Å². The Morgan fingerprint density at radius 1 is 1.33 bits per heavy atom. The van der Waals surface area contributed by atoms with Gasteiger partial charge in [0.15, 0.2) is 0 Å². The molecule has 2 aliphatic rings. The number of phenolic OH excluding ortho intramolecular Hbond substituents is 1. The lowest BCUT2D eigenvalue weighted by Crippen LogP contribution is -2.51. The number of hydrogen-bond donors (Lipinski definition) is 2. The second-order valence-corrected chi connectivity index (χ2v) is 6.73. The zero-order valence-corrected chi connectivity index (χ0v) is 12.7. The largest absolute Gasteiger partial charge is 0.508 e. The molecule has 3 rings (SSSR count). The highest BCUT2D eigenvalue weighted by molar-refractivity contribution is 5.35. The number of halogens is 1. The topological polar surface area (TPSA) is 35.5 Å². The van der Waals surface area contributed by atoms with Crippen molar-refractivity contribution in [2.45, 2.75) is 38.6 Å². The highest BCUT2D eigenvalue weighted by Crippen LogP contribution is 2.40. The van der Waals surface area contributed by atoms with Gasteiger partial charge in [0, 0.05) is 24.7 Å². The fraction of sp³-hybridized carbons (Fsp3) is 0.647. The molecule has 2 heterocycles. The van der Waals surface area contributed by atoms with Crippen LogP contribution in [0.15, 0.2) is 18.2 Å². The van der Waals surface area contributed by atoms with Gasteiger partial charge in [-0.2, -0.15) is 0 Å². The normalized spacial score (nSPS) is 28.7. The SMILES string of the molecule is CC(c1cc(F)ccc1O)N1CCCC2(CCCNC2)C1. The molecule has 21 heavy (non-hydrogen) atoms. The molecule has 0 radical (unpaired) electrons. The Kier molecular flexibility index (Phi) is 4.18. The molecular weight excluding hydrogens is 267 g/mol. The van der Waals surface area contributed by atoms with E-state index in [-0.39, 0.29) is 17.6 Å². The van der Waals surface area contributed by atoms with Gasteiger partial charge >= 0.3 is 0 Å². The lowest BCUT2D eigenvalue weighted by molar-refractivity contribution is 0.0409. The summed E-state index contributed by atoms with van der Waals surface area (Å²) in [6.07, 6.45) is 4.98. The minimum absolute atomic E-state index is 0.0554. The number of piperidine rings is 2. The van der Waals surface area contributed by atoms with Gasteiger partial charge in [-0.05, 0) is 69.3 Å². The second-order valence-electron chi connectivity index (χ2n) is 6.73. The second kappa shape index (κ2) is 5.93. The lowest BCUT2D eigenvalue weighted by Gasteiger charge is -2.47. The molecule has 0 saturated carbocycles. The molecule has 1 aromatic carbocycles. The minimum Gasteiger partial charge on any atom is -0.508 e. The van der Waals surface area contributed by atoms with Crippen molar-refractivity contribution in [1.82, 2.24) is 10.2 Å². The van der Waals surface area contributed by atoms with Crippen LogP contribution < -0.4 is 5.32 Å². The van der Waals surface area contributed by atoms with E-state index in [2.05, 4.69) is 17.1 Å². The van der Waals surface area contributed by atoms with E-state index < -0.39 is 0 Å². The third-order valence-corrected chi connectivity index (χ3v) is 5.24. The van der Waals surface area contributed by atoms with E-state index in [0.29, 0.717) is 11.0 Å². The molecule has 0 amide bonds. The fourth-order valence-electron chi connectivity index (χ4n) is 4.01. The molecule has 0 bridgehead atoms. The molecule has 2 N–H and O–H groups in total. The average Bonchev–Trinajstić information content (AvgIpc) is 2.50. The number of nitrogens with one attached hydrogen (secondary N) is 1. The van der Waals surface area contributed by atoms with Crippen LogP contribution in [0.2, 0.25) is 0 Å². The summed E-state index contributed by atoms with van der Waals surface area (Å²) in [7, 11) is 0. The maximum atomic E-state index is 13.5. The number of rotatable bonds is 2. The van der Waals surface area contributed by atoms with Crippen molar-refractivity contribution in [1.29, 1.82) is 0 Å². The number of likely N-dealkylation sites (tertiary alicyclic amines) is 1. The number of nitrogens with zero attached hydrogens (tertiary/aromatic N) is 1. The monoisotopic (exact) mass is 292 g/mol. The van der Waals surface area contributed by atoms with Crippen LogP contribution in [0, 0.1) is 11.2 Å². The van der Waals surface area contributed by atoms with Crippen LogP contribution >= 0.6 is 0 Å². The van der Waals surface area contributed by atoms with Crippen LogP contribution in [0.5, 0.6) is 5.75 Å². The van der Waals surface area contributed by atoms with Crippen LogP contribution in [0.3, 0.4) is 0 Å². The number of hydrogen-bond acceptors (Lipinski definition) is 3. The molecule has 1 aromatic rings. The zero-order chi connectivity index (χ0) is 14.9. The molecule has 2 fully saturated rings. The van der Waals surface area contributed by atoms with E-state index in [9.17, 15) is 9.50 Å². The number of benzene rings is 1. The molecule has 2 atom stereocenters. The van der Waals surface area contributed by atoms with Crippen molar-refractivity contribution in [3.8, 4) is 5.75 Å². The summed E-state index contributed by atoms with van der Waals surface area (Å²) in [6.45, 7) is 6.35. The summed E-state index contributed by atoms with van der Waals surface area (Å²) >= 11 is 0. The smallest absolute Gasteiger partial charge is 0.123 e. The number of aromatic hydroxyl groups is 1. The van der Waals surface area contributed by atoms with Crippen molar-refractivity contribution in [3.05, 3.63) is 29.6 Å². The standard InChI is InChI=1S/C17H25FN2O/c1-13(15-10-14(18)4-5-16(15)21)20-9-3-7-17(12-20)6-2-8-19-11-17/h4-5,10,13,19,21H,2-3,6-9,11-12H2,1H3. The van der Waals surface area contributed by atoms with Crippen LogP contribution in [-0.4, -0.2) is 36.2 Å². The van der Waals surface area contributed by atoms with E-state index in [1.54, 1.807) is 0 Å². The maximum Gasteiger partial charge on any atom is 0.123 e. The van der Waals surface area contributed by atoms with Crippen LogP contribution in [0.1, 0.15) is 44.2 Å². The molecule has 4 heteroatoms. The van der Waals surface area contributed by atoms with Gasteiger partial charge in [-0.25, -0.2) is 4.39 Å². The highest BCUT2D eigenvalue weighted by atomic mass is 19.1. The third-order valence-electron chi connectivity index (χ3n) is 5.24. The summed E-state index contributed by atoms with van der Waals surface area (Å²) in [4.78, 5) is 2.41. The number of phenols is 1. The predicted molar refractivity (Wildman–Crippen MR) is 81.8 cm³/mol. The molecule has 0 aliphatic carbocycles. The van der Waals surface area contributed by atoms with Gasteiger partial charge in [0.25, 0.3) is 0 Å². The van der Waals surface area contributed by atoms with Crippen molar-refractivity contribution >= 4 is 0 Å². The molecule has 2 saturated heterocycles. The highest BCUT2D eigenvalue weighted by Gasteiger charge is 2.38. The van der Waals surface area contributed by atoms with Gasteiger partial charge in [-0.15, -0.1) is 0 Å². The first-order chi connectivity index (χ1) is 10.1. The molecule has 0 aromatic heterocycles. The molecule has 2 unspecified atom stereocenters. The Bertz CT molecular complexity index is 494. The van der Waals surface area contributed by atoms with Gasteiger partial charge < -0.3 is 10.4 Å². The van der Waals surface area contributed by atoms with E-state index >= 15 is 0 Å². The summed E-state index contributed by atoms with van der Waals surface area (Å²) in [5, 5.41) is 13.6. The Hall–Kier alpha value is -1.13. The van der Waals surface area contributed by atoms with Crippen molar-refractivity contribution < 1.29 is 9.50 Å². The minimum atomic E-state index is -0.277. The summed E-state index contributed by atoms with van der Waals surface area (Å²) in [6, 6.07) is 4.30. The summed E-state index contributed by atoms with van der Waals surface area (Å²) < 4.78 is 13.5. The van der Waals surface area contributed by atoms with Gasteiger partial charge in [0.05, 0.1) is 0 Å². The first kappa shape index (κ1) is 14.8. The Labute approximate surface area is 126 Å². The molecule has 2 aliphatic heterocycles. The maximum absolute atomic E-state index is 13.5. The quantitative estimate of drug-likeness (QED) is 0.879. The summed E-state index contributed by atoms with van der Waals surface area (Å²) in [5.41, 5.74) is 1.07.